The van der Waals surface area contributed by atoms with Gasteiger partial charge in [0.2, 0.25) is 0 Å². The van der Waals surface area contributed by atoms with Crippen molar-refractivity contribution in [2.75, 3.05) is 18.0 Å². The highest BCUT2D eigenvalue weighted by Crippen LogP contribution is 2.23. The smallest absolute Gasteiger partial charge is 0.128 e. The quantitative estimate of drug-likeness (QED) is 0.883. The third-order valence-electron chi connectivity index (χ3n) is 4.09. The summed E-state index contributed by atoms with van der Waals surface area (Å²) in [5.41, 5.74) is 1.37. The molecule has 3 rings (SSSR count). The molecule has 1 saturated carbocycles. The van der Waals surface area contributed by atoms with Crippen molar-refractivity contribution in [1.82, 2.24) is 10.3 Å². The molecule has 0 spiro atoms. The van der Waals surface area contributed by atoms with Gasteiger partial charge < -0.3 is 10.2 Å². The topological polar surface area (TPSA) is 28.2 Å². The summed E-state index contributed by atoms with van der Waals surface area (Å²) in [7, 11) is 0. The second kappa shape index (κ2) is 5.27. The molecule has 0 unspecified atom stereocenters. The average molecular weight is 245 g/mol. The van der Waals surface area contributed by atoms with Crippen LogP contribution in [0.15, 0.2) is 18.3 Å². The largest absolute Gasteiger partial charge is 0.357 e. The molecule has 1 saturated heterocycles. The molecule has 0 radical (unpaired) electrons. The summed E-state index contributed by atoms with van der Waals surface area (Å²) in [5.74, 6) is 2.04. The van der Waals surface area contributed by atoms with E-state index in [1.54, 1.807) is 0 Å². The summed E-state index contributed by atoms with van der Waals surface area (Å²) in [6, 6.07) is 5.16. The molecule has 1 aromatic rings. The zero-order chi connectivity index (χ0) is 12.4. The summed E-state index contributed by atoms with van der Waals surface area (Å²) < 4.78 is 0. The highest BCUT2D eigenvalue weighted by atomic mass is 15.2. The maximum Gasteiger partial charge on any atom is 0.128 e. The molecule has 1 N–H and O–H groups in total. The molecule has 1 aliphatic carbocycles. The van der Waals surface area contributed by atoms with Crippen LogP contribution < -0.4 is 10.2 Å². The molecule has 0 amide bonds. The molecule has 0 atom stereocenters. The summed E-state index contributed by atoms with van der Waals surface area (Å²) in [4.78, 5) is 6.96. The Kier molecular flexibility index (Phi) is 3.50. The van der Waals surface area contributed by atoms with Crippen molar-refractivity contribution in [3.63, 3.8) is 0 Å². The fourth-order valence-corrected chi connectivity index (χ4v) is 2.53. The van der Waals surface area contributed by atoms with Crippen molar-refractivity contribution in [3.05, 3.63) is 23.9 Å². The van der Waals surface area contributed by atoms with Crippen LogP contribution in [0, 0.1) is 5.92 Å². The van der Waals surface area contributed by atoms with Gasteiger partial charge in [-0.2, -0.15) is 0 Å². The third-order valence-corrected chi connectivity index (χ3v) is 4.09. The van der Waals surface area contributed by atoms with E-state index in [4.69, 9.17) is 0 Å². The van der Waals surface area contributed by atoms with E-state index < -0.39 is 0 Å². The van der Waals surface area contributed by atoms with E-state index in [1.807, 2.05) is 6.20 Å². The van der Waals surface area contributed by atoms with Crippen LogP contribution in [0.1, 0.15) is 38.2 Å². The number of rotatable bonds is 4. The van der Waals surface area contributed by atoms with Crippen LogP contribution in [-0.4, -0.2) is 24.1 Å². The Hall–Kier alpha value is -1.09. The summed E-state index contributed by atoms with van der Waals surface area (Å²) in [6.07, 6.45) is 7.25. The van der Waals surface area contributed by atoms with Crippen molar-refractivity contribution in [2.45, 2.75) is 45.2 Å². The lowest BCUT2D eigenvalue weighted by molar-refractivity contribution is 0.436. The van der Waals surface area contributed by atoms with Crippen molar-refractivity contribution >= 4 is 5.82 Å². The van der Waals surface area contributed by atoms with Gasteiger partial charge >= 0.3 is 0 Å². The molecule has 1 aromatic heterocycles. The molecular formula is C15H23N3. The van der Waals surface area contributed by atoms with Gasteiger partial charge in [-0.15, -0.1) is 0 Å². The van der Waals surface area contributed by atoms with Crippen LogP contribution in [0.5, 0.6) is 0 Å². The monoisotopic (exact) mass is 245 g/mol. The lowest BCUT2D eigenvalue weighted by Gasteiger charge is -2.31. The van der Waals surface area contributed by atoms with Gasteiger partial charge in [-0.05, 0) is 49.3 Å². The van der Waals surface area contributed by atoms with Crippen molar-refractivity contribution in [1.29, 1.82) is 0 Å². The van der Waals surface area contributed by atoms with E-state index in [0.29, 0.717) is 0 Å². The molecular weight excluding hydrogens is 222 g/mol. The minimum atomic E-state index is 0.775. The second-order valence-corrected chi connectivity index (χ2v) is 5.85. The number of anilines is 1. The van der Waals surface area contributed by atoms with Crippen LogP contribution >= 0.6 is 0 Å². The lowest BCUT2D eigenvalue weighted by Crippen LogP contribution is -2.33. The zero-order valence-corrected chi connectivity index (χ0v) is 11.2. The number of aromatic nitrogens is 1. The molecule has 3 heteroatoms. The molecule has 3 nitrogen and oxygen atoms in total. The van der Waals surface area contributed by atoms with Gasteiger partial charge in [-0.25, -0.2) is 4.98 Å². The Balaban J connectivity index is 1.62. The van der Waals surface area contributed by atoms with E-state index in [2.05, 4.69) is 34.3 Å². The Morgan fingerprint density at radius 1 is 1.28 bits per heavy atom. The van der Waals surface area contributed by atoms with E-state index in [0.717, 1.165) is 37.4 Å². The summed E-state index contributed by atoms with van der Waals surface area (Å²) in [5, 5.41) is 3.56. The first-order valence-corrected chi connectivity index (χ1v) is 7.24. The molecule has 2 fully saturated rings. The van der Waals surface area contributed by atoms with Gasteiger partial charge in [0.05, 0.1) is 0 Å². The first-order valence-electron chi connectivity index (χ1n) is 7.24. The van der Waals surface area contributed by atoms with Crippen LogP contribution in [-0.2, 0) is 6.54 Å². The van der Waals surface area contributed by atoms with Crippen LogP contribution in [0.2, 0.25) is 0 Å². The van der Waals surface area contributed by atoms with E-state index in [-0.39, 0.29) is 0 Å². The third kappa shape index (κ3) is 3.02. The number of hydrogen-bond acceptors (Lipinski definition) is 3. The maximum atomic E-state index is 4.53. The second-order valence-electron chi connectivity index (χ2n) is 5.85. The van der Waals surface area contributed by atoms with Gasteiger partial charge in [0.25, 0.3) is 0 Å². The van der Waals surface area contributed by atoms with Crippen molar-refractivity contribution in [2.24, 2.45) is 5.92 Å². The predicted octanol–water partition coefficient (Wildman–Crippen LogP) is 2.57. The van der Waals surface area contributed by atoms with Gasteiger partial charge in [-0.3, -0.25) is 0 Å². The Labute approximate surface area is 110 Å². The Bertz CT molecular complexity index is 392. The normalized spacial score (nSPS) is 21.3. The number of nitrogens with one attached hydrogen (secondary N) is 1. The lowest BCUT2D eigenvalue weighted by atomic mass is 9.99. The van der Waals surface area contributed by atoms with Gasteiger partial charge in [0, 0.05) is 31.9 Å². The van der Waals surface area contributed by atoms with Crippen LogP contribution in [0.4, 0.5) is 5.82 Å². The maximum absolute atomic E-state index is 4.53. The van der Waals surface area contributed by atoms with Gasteiger partial charge in [-0.1, -0.05) is 6.92 Å². The molecule has 18 heavy (non-hydrogen) atoms. The van der Waals surface area contributed by atoms with E-state index in [9.17, 15) is 0 Å². The molecule has 2 heterocycles. The fourth-order valence-electron chi connectivity index (χ4n) is 2.53. The van der Waals surface area contributed by atoms with Crippen LogP contribution in [0.3, 0.4) is 0 Å². The SMILES string of the molecule is CC1CCN(c2cc(CNC3CC3)ccn2)CC1. The molecule has 98 valence electrons. The van der Waals surface area contributed by atoms with Gasteiger partial charge in [0.1, 0.15) is 5.82 Å². The first-order chi connectivity index (χ1) is 8.81. The minimum Gasteiger partial charge on any atom is -0.357 e. The zero-order valence-electron chi connectivity index (χ0n) is 11.2. The molecule has 0 aromatic carbocycles. The number of pyridine rings is 1. The summed E-state index contributed by atoms with van der Waals surface area (Å²) >= 11 is 0. The average Bonchev–Trinajstić information content (AvgIpc) is 3.22. The predicted molar refractivity (Wildman–Crippen MR) is 74.7 cm³/mol. The van der Waals surface area contributed by atoms with Crippen molar-refractivity contribution in [3.8, 4) is 0 Å². The fraction of sp³-hybridized carbons (Fsp3) is 0.667. The molecule has 2 aliphatic rings. The highest BCUT2D eigenvalue weighted by Gasteiger charge is 2.20. The minimum absolute atomic E-state index is 0.775. The Morgan fingerprint density at radius 3 is 2.78 bits per heavy atom. The number of hydrogen-bond donors (Lipinski definition) is 1. The Morgan fingerprint density at radius 2 is 2.06 bits per heavy atom. The van der Waals surface area contributed by atoms with E-state index in [1.165, 1.54) is 31.2 Å². The molecule has 0 bridgehead atoms. The standard InChI is InChI=1S/C15H23N3/c1-12-5-8-18(9-6-12)15-10-13(4-7-16-15)11-17-14-2-3-14/h4,7,10,12,14,17H,2-3,5-6,8-9,11H2,1H3. The highest BCUT2D eigenvalue weighted by molar-refractivity contribution is 5.41. The summed E-state index contributed by atoms with van der Waals surface area (Å²) in [6.45, 7) is 5.66. The first kappa shape index (κ1) is 12.0. The number of piperidine rings is 1. The molecule has 1 aliphatic heterocycles. The van der Waals surface area contributed by atoms with Crippen LogP contribution in [0.25, 0.3) is 0 Å². The van der Waals surface area contributed by atoms with E-state index >= 15 is 0 Å². The van der Waals surface area contributed by atoms with Gasteiger partial charge in [0.15, 0.2) is 0 Å². The van der Waals surface area contributed by atoms with Crippen molar-refractivity contribution < 1.29 is 0 Å². The number of nitrogens with zero attached hydrogens (tertiary/aromatic N) is 2.